The zero-order valence-electron chi connectivity index (χ0n) is 16.6. The standard InChI is InChI=1S/C21H24BrF3NO4P/c22-17-6-3-15(4-7-17)2-1-11-29-19-8-5-16(12-18(19)21(23,24)25)9-10-20(26,13-27)14-30-31-28/h3-10,12,27H,1-2,11,13-14,26,31H2. The Morgan fingerprint density at radius 1 is 1.16 bits per heavy atom. The van der Waals surface area contributed by atoms with Crippen molar-refractivity contribution in [3.05, 3.63) is 69.7 Å². The van der Waals surface area contributed by atoms with E-state index in [2.05, 4.69) is 15.9 Å². The van der Waals surface area contributed by atoms with Crippen LogP contribution in [0, 0.1) is 0 Å². The maximum absolute atomic E-state index is 13.5. The van der Waals surface area contributed by atoms with Crippen LogP contribution in [0.15, 0.2) is 53.0 Å². The van der Waals surface area contributed by atoms with Gasteiger partial charge in [-0.3, -0.25) is 4.57 Å². The van der Waals surface area contributed by atoms with E-state index in [1.54, 1.807) is 0 Å². The van der Waals surface area contributed by atoms with Gasteiger partial charge in [0.25, 0.3) is 0 Å². The van der Waals surface area contributed by atoms with Gasteiger partial charge in [0.15, 0.2) is 8.69 Å². The average Bonchev–Trinajstić information content (AvgIpc) is 2.75. The molecule has 0 heterocycles. The van der Waals surface area contributed by atoms with Gasteiger partial charge in [0.1, 0.15) is 5.75 Å². The first-order valence-electron chi connectivity index (χ1n) is 9.39. The van der Waals surface area contributed by atoms with Crippen molar-refractivity contribution in [3.63, 3.8) is 0 Å². The Bertz CT molecular complexity index is 893. The molecule has 2 unspecified atom stereocenters. The van der Waals surface area contributed by atoms with Crippen LogP contribution in [0.1, 0.15) is 23.1 Å². The highest BCUT2D eigenvalue weighted by Gasteiger charge is 2.34. The lowest BCUT2D eigenvalue weighted by Crippen LogP contribution is -2.45. The summed E-state index contributed by atoms with van der Waals surface area (Å²) >= 11 is 3.35. The molecule has 2 aromatic rings. The van der Waals surface area contributed by atoms with Gasteiger partial charge in [-0.05, 0) is 48.2 Å². The summed E-state index contributed by atoms with van der Waals surface area (Å²) in [6.07, 6.45) is -0.671. The number of aryl methyl sites for hydroxylation is 1. The van der Waals surface area contributed by atoms with Gasteiger partial charge in [-0.25, -0.2) is 0 Å². The predicted octanol–water partition coefficient (Wildman–Crippen LogP) is 4.87. The lowest BCUT2D eigenvalue weighted by Gasteiger charge is -2.21. The van der Waals surface area contributed by atoms with E-state index in [9.17, 15) is 22.8 Å². The molecule has 0 saturated carbocycles. The molecule has 2 rings (SSSR count). The van der Waals surface area contributed by atoms with Crippen LogP contribution >= 0.6 is 24.6 Å². The smallest absolute Gasteiger partial charge is 0.419 e. The number of hydrogen-bond acceptors (Lipinski definition) is 5. The van der Waals surface area contributed by atoms with E-state index in [0.29, 0.717) is 12.8 Å². The molecule has 0 spiro atoms. The number of nitrogens with two attached hydrogens (primary N) is 1. The van der Waals surface area contributed by atoms with Crippen LogP contribution in [-0.4, -0.2) is 30.5 Å². The number of hydrogen-bond donors (Lipinski definition) is 2. The predicted molar refractivity (Wildman–Crippen MR) is 119 cm³/mol. The largest absolute Gasteiger partial charge is 0.493 e. The summed E-state index contributed by atoms with van der Waals surface area (Å²) in [5.41, 5.74) is 4.94. The van der Waals surface area contributed by atoms with Crippen LogP contribution < -0.4 is 10.5 Å². The topological polar surface area (TPSA) is 81.8 Å². The molecule has 2 atom stereocenters. The van der Waals surface area contributed by atoms with Crippen LogP contribution in [-0.2, 0) is 21.7 Å². The molecule has 170 valence electrons. The Labute approximate surface area is 188 Å². The van der Waals surface area contributed by atoms with Gasteiger partial charge in [0, 0.05) is 4.47 Å². The number of rotatable bonds is 11. The van der Waals surface area contributed by atoms with E-state index >= 15 is 0 Å². The number of alkyl halides is 3. The van der Waals surface area contributed by atoms with E-state index in [4.69, 9.17) is 15.0 Å². The maximum atomic E-state index is 13.5. The fourth-order valence-corrected chi connectivity index (χ4v) is 3.35. The molecule has 3 N–H and O–H groups in total. The number of benzene rings is 2. The molecule has 5 nitrogen and oxygen atoms in total. The molecule has 0 fully saturated rings. The van der Waals surface area contributed by atoms with E-state index in [-0.39, 0.29) is 24.5 Å². The highest BCUT2D eigenvalue weighted by Crippen LogP contribution is 2.37. The summed E-state index contributed by atoms with van der Waals surface area (Å²) in [4.78, 5) is 0. The summed E-state index contributed by atoms with van der Waals surface area (Å²) in [5.74, 6) is -0.250. The molecule has 31 heavy (non-hydrogen) atoms. The van der Waals surface area contributed by atoms with Crippen molar-refractivity contribution < 1.29 is 32.1 Å². The molecule has 0 bridgehead atoms. The molecule has 0 aliphatic carbocycles. The van der Waals surface area contributed by atoms with Crippen molar-refractivity contribution in [2.24, 2.45) is 5.73 Å². The molecule has 0 aliphatic heterocycles. The van der Waals surface area contributed by atoms with Crippen molar-refractivity contribution >= 4 is 30.7 Å². The van der Waals surface area contributed by atoms with Crippen molar-refractivity contribution in [2.75, 3.05) is 19.8 Å². The van der Waals surface area contributed by atoms with Crippen LogP contribution in [0.5, 0.6) is 5.75 Å². The quantitative estimate of drug-likeness (QED) is 0.325. The zero-order chi connectivity index (χ0) is 22.9. The molecular weight excluding hydrogens is 498 g/mol. The zero-order valence-corrected chi connectivity index (χ0v) is 19.3. The SMILES string of the molecule is NC(C=Cc1ccc(OCCCc2ccc(Br)cc2)c(C(F)(F)F)c1)(CO)CO[PH2]=O. The molecule has 2 aromatic carbocycles. The summed E-state index contributed by atoms with van der Waals surface area (Å²) in [6.45, 7) is -0.598. The molecule has 0 aromatic heterocycles. The normalized spacial score (nSPS) is 14.4. The number of aliphatic hydroxyl groups excluding tert-OH is 1. The van der Waals surface area contributed by atoms with Crippen LogP contribution in [0.3, 0.4) is 0 Å². The maximum Gasteiger partial charge on any atom is 0.419 e. The van der Waals surface area contributed by atoms with E-state index in [0.717, 1.165) is 16.1 Å². The first kappa shape index (κ1) is 25.6. The second kappa shape index (κ2) is 11.8. The van der Waals surface area contributed by atoms with Crippen LogP contribution in [0.4, 0.5) is 13.2 Å². The number of aliphatic hydroxyl groups is 1. The van der Waals surface area contributed by atoms with E-state index in [1.165, 1.54) is 24.3 Å². The third-order valence-corrected chi connectivity index (χ3v) is 5.24. The summed E-state index contributed by atoms with van der Waals surface area (Å²) in [7, 11) is -1.51. The van der Waals surface area contributed by atoms with Gasteiger partial charge in [0.2, 0.25) is 0 Å². The summed E-state index contributed by atoms with van der Waals surface area (Å²) in [5, 5.41) is 9.38. The molecule has 0 aliphatic rings. The average molecular weight is 522 g/mol. The third kappa shape index (κ3) is 8.43. The van der Waals surface area contributed by atoms with Crippen molar-refractivity contribution in [1.82, 2.24) is 0 Å². The van der Waals surface area contributed by atoms with Gasteiger partial charge >= 0.3 is 6.18 Å². The van der Waals surface area contributed by atoms with Gasteiger partial charge < -0.3 is 20.1 Å². The third-order valence-electron chi connectivity index (χ3n) is 4.41. The summed E-state index contributed by atoms with van der Waals surface area (Å²) in [6, 6.07) is 11.4. The fourth-order valence-electron chi connectivity index (χ4n) is 2.71. The second-order valence-electron chi connectivity index (χ2n) is 6.96. The molecular formula is C21H24BrF3NO4P. The van der Waals surface area contributed by atoms with Crippen LogP contribution in [0.25, 0.3) is 6.08 Å². The number of ether oxygens (including phenoxy) is 1. The second-order valence-corrected chi connectivity index (χ2v) is 8.41. The Morgan fingerprint density at radius 3 is 2.48 bits per heavy atom. The van der Waals surface area contributed by atoms with Crippen molar-refractivity contribution in [3.8, 4) is 5.75 Å². The van der Waals surface area contributed by atoms with Gasteiger partial charge in [-0.2, -0.15) is 13.2 Å². The molecule has 0 amide bonds. The van der Waals surface area contributed by atoms with Gasteiger partial charge in [-0.15, -0.1) is 0 Å². The van der Waals surface area contributed by atoms with E-state index in [1.807, 2.05) is 24.3 Å². The highest BCUT2D eigenvalue weighted by molar-refractivity contribution is 9.10. The van der Waals surface area contributed by atoms with Gasteiger partial charge in [0.05, 0.1) is 30.9 Å². The minimum absolute atomic E-state index is 0.139. The monoisotopic (exact) mass is 521 g/mol. The lowest BCUT2D eigenvalue weighted by molar-refractivity contribution is -0.139. The first-order valence-corrected chi connectivity index (χ1v) is 11.1. The molecule has 0 radical (unpaired) electrons. The summed E-state index contributed by atoms with van der Waals surface area (Å²) < 4.78 is 62.2. The Kier molecular flexibility index (Phi) is 9.78. The Morgan fingerprint density at radius 2 is 1.87 bits per heavy atom. The Hall–Kier alpha value is -1.64. The number of halogens is 4. The van der Waals surface area contributed by atoms with E-state index < -0.39 is 32.6 Å². The van der Waals surface area contributed by atoms with Crippen molar-refractivity contribution in [1.29, 1.82) is 0 Å². The fraction of sp³-hybridized carbons (Fsp3) is 0.333. The molecule has 0 saturated heterocycles. The minimum Gasteiger partial charge on any atom is -0.493 e. The van der Waals surface area contributed by atoms with Crippen LogP contribution in [0.2, 0.25) is 0 Å². The Balaban J connectivity index is 2.07. The lowest BCUT2D eigenvalue weighted by atomic mass is 10.0. The highest BCUT2D eigenvalue weighted by atomic mass is 79.9. The first-order chi connectivity index (χ1) is 14.7. The minimum atomic E-state index is -4.60. The van der Waals surface area contributed by atoms with Crippen molar-refractivity contribution in [2.45, 2.75) is 24.6 Å². The van der Waals surface area contributed by atoms with Gasteiger partial charge in [-0.1, -0.05) is 46.3 Å². The molecule has 10 heteroatoms.